The number of hydrogen-bond donors (Lipinski definition) is 1. The molecular formula is C15H19N3O5S. The van der Waals surface area contributed by atoms with E-state index in [0.717, 1.165) is 0 Å². The lowest BCUT2D eigenvalue weighted by molar-refractivity contribution is -0.118. The second-order valence-corrected chi connectivity index (χ2v) is 5.53. The Hall–Kier alpha value is -2.26. The molecule has 0 unspecified atom stereocenters. The first-order chi connectivity index (χ1) is 11.7. The molecule has 0 saturated carbocycles. The zero-order chi connectivity index (χ0) is 17.4. The summed E-state index contributed by atoms with van der Waals surface area (Å²) in [5.74, 6) is 1.63. The third kappa shape index (κ3) is 5.14. The van der Waals surface area contributed by atoms with Gasteiger partial charge in [0, 0.05) is 25.3 Å². The first kappa shape index (κ1) is 18.1. The van der Waals surface area contributed by atoms with Gasteiger partial charge in [-0.1, -0.05) is 11.8 Å². The van der Waals surface area contributed by atoms with E-state index in [1.165, 1.54) is 11.8 Å². The summed E-state index contributed by atoms with van der Waals surface area (Å²) in [6.45, 7) is 0.938. The van der Waals surface area contributed by atoms with E-state index in [9.17, 15) is 4.79 Å². The molecule has 24 heavy (non-hydrogen) atoms. The minimum absolute atomic E-state index is 0.125. The van der Waals surface area contributed by atoms with Crippen molar-refractivity contribution < 1.29 is 23.4 Å². The highest BCUT2D eigenvalue weighted by Crippen LogP contribution is 2.30. The largest absolute Gasteiger partial charge is 0.497 e. The maximum Gasteiger partial charge on any atom is 0.277 e. The van der Waals surface area contributed by atoms with Crippen LogP contribution in [0.4, 0.5) is 0 Å². The summed E-state index contributed by atoms with van der Waals surface area (Å²) in [6, 6.07) is 5.28. The summed E-state index contributed by atoms with van der Waals surface area (Å²) in [6.07, 6.45) is 0. The van der Waals surface area contributed by atoms with Crippen LogP contribution in [-0.4, -0.2) is 56.3 Å². The maximum absolute atomic E-state index is 11.6. The average Bonchev–Trinajstić information content (AvgIpc) is 3.08. The summed E-state index contributed by atoms with van der Waals surface area (Å²) in [4.78, 5) is 11.6. The Kier molecular flexibility index (Phi) is 6.89. The van der Waals surface area contributed by atoms with Crippen molar-refractivity contribution >= 4 is 17.7 Å². The number of rotatable bonds is 9. The van der Waals surface area contributed by atoms with Crippen LogP contribution in [-0.2, 0) is 9.53 Å². The van der Waals surface area contributed by atoms with Gasteiger partial charge < -0.3 is 23.9 Å². The fourth-order valence-corrected chi connectivity index (χ4v) is 2.38. The lowest BCUT2D eigenvalue weighted by Crippen LogP contribution is -2.28. The number of carbonyl (C=O) groups excluding carboxylic acids is 1. The topological polar surface area (TPSA) is 95.7 Å². The lowest BCUT2D eigenvalue weighted by atomic mass is 10.2. The highest BCUT2D eigenvalue weighted by atomic mass is 32.2. The molecule has 0 aliphatic heterocycles. The van der Waals surface area contributed by atoms with Gasteiger partial charge in [-0.2, -0.15) is 0 Å². The van der Waals surface area contributed by atoms with Crippen molar-refractivity contribution in [3.05, 3.63) is 18.2 Å². The number of benzene rings is 1. The second kappa shape index (κ2) is 9.14. The average molecular weight is 353 g/mol. The van der Waals surface area contributed by atoms with Crippen molar-refractivity contribution in [3.63, 3.8) is 0 Å². The molecule has 1 heterocycles. The zero-order valence-corrected chi connectivity index (χ0v) is 14.5. The number of nitrogens with one attached hydrogen (secondary N) is 1. The molecular weight excluding hydrogens is 334 g/mol. The van der Waals surface area contributed by atoms with Crippen LogP contribution in [0.5, 0.6) is 11.5 Å². The molecule has 1 aromatic carbocycles. The zero-order valence-electron chi connectivity index (χ0n) is 13.7. The molecule has 0 spiro atoms. The van der Waals surface area contributed by atoms with E-state index >= 15 is 0 Å². The van der Waals surface area contributed by atoms with Crippen LogP contribution in [0.1, 0.15) is 0 Å². The monoisotopic (exact) mass is 353 g/mol. The molecule has 0 radical (unpaired) electrons. The fraction of sp³-hybridized carbons (Fsp3) is 0.400. The van der Waals surface area contributed by atoms with Gasteiger partial charge in [0.15, 0.2) is 0 Å². The normalized spacial score (nSPS) is 10.5. The number of carbonyl (C=O) groups is 1. The highest BCUT2D eigenvalue weighted by molar-refractivity contribution is 7.99. The van der Waals surface area contributed by atoms with Gasteiger partial charge in [-0.05, 0) is 12.1 Å². The van der Waals surface area contributed by atoms with Gasteiger partial charge >= 0.3 is 0 Å². The Balaban J connectivity index is 1.99. The van der Waals surface area contributed by atoms with E-state index in [-0.39, 0.29) is 11.7 Å². The number of methoxy groups -OCH3 is 3. The molecule has 8 nitrogen and oxygen atoms in total. The molecule has 0 atom stereocenters. The molecule has 0 aliphatic rings. The number of hydrogen-bond acceptors (Lipinski definition) is 8. The number of nitrogens with zero attached hydrogens (tertiary/aromatic N) is 2. The van der Waals surface area contributed by atoms with E-state index in [1.54, 1.807) is 39.5 Å². The molecule has 130 valence electrons. The molecule has 0 fully saturated rings. The molecule has 2 aromatic rings. The molecule has 9 heteroatoms. The van der Waals surface area contributed by atoms with Crippen LogP contribution in [0.3, 0.4) is 0 Å². The first-order valence-electron chi connectivity index (χ1n) is 7.11. The van der Waals surface area contributed by atoms with E-state index in [1.807, 2.05) is 0 Å². The predicted molar refractivity (Wildman–Crippen MR) is 88.4 cm³/mol. The van der Waals surface area contributed by atoms with Crippen molar-refractivity contribution in [2.24, 2.45) is 0 Å². The Morgan fingerprint density at radius 2 is 1.88 bits per heavy atom. The lowest BCUT2D eigenvalue weighted by Gasteiger charge is -2.05. The Labute approximate surface area is 143 Å². The SMILES string of the molecule is COCCNC(=O)CSc1nnc(-c2cc(OC)cc(OC)c2)o1. The number of thioether (sulfide) groups is 1. The van der Waals surface area contributed by atoms with Crippen molar-refractivity contribution in [3.8, 4) is 23.0 Å². The van der Waals surface area contributed by atoms with Crippen molar-refractivity contribution in [2.45, 2.75) is 5.22 Å². The first-order valence-corrected chi connectivity index (χ1v) is 8.10. The standard InChI is InChI=1S/C15H19N3O5S/c1-20-5-4-16-13(19)9-24-15-18-17-14(23-15)10-6-11(21-2)8-12(7-10)22-3/h6-8H,4-5,9H2,1-3H3,(H,16,19). The van der Waals surface area contributed by atoms with Crippen LogP contribution in [0, 0.1) is 0 Å². The van der Waals surface area contributed by atoms with Gasteiger partial charge in [0.25, 0.3) is 5.22 Å². The summed E-state index contributed by atoms with van der Waals surface area (Å²) in [5, 5.41) is 11.0. The molecule has 1 amide bonds. The maximum atomic E-state index is 11.6. The van der Waals surface area contributed by atoms with Gasteiger partial charge in [0.1, 0.15) is 11.5 Å². The molecule has 1 aromatic heterocycles. The molecule has 2 rings (SSSR count). The third-order valence-electron chi connectivity index (χ3n) is 2.96. The fourth-order valence-electron chi connectivity index (χ4n) is 1.79. The minimum Gasteiger partial charge on any atom is -0.497 e. The van der Waals surface area contributed by atoms with Crippen molar-refractivity contribution in [1.29, 1.82) is 0 Å². The van der Waals surface area contributed by atoms with Gasteiger partial charge in [0.2, 0.25) is 11.8 Å². The predicted octanol–water partition coefficient (Wildman–Crippen LogP) is 1.61. The number of amides is 1. The summed E-state index contributed by atoms with van der Waals surface area (Å²) < 4.78 is 20.9. The molecule has 0 saturated heterocycles. The van der Waals surface area contributed by atoms with Crippen LogP contribution < -0.4 is 14.8 Å². The van der Waals surface area contributed by atoms with Gasteiger partial charge in [-0.15, -0.1) is 10.2 Å². The van der Waals surface area contributed by atoms with Gasteiger partial charge in [-0.25, -0.2) is 0 Å². The quantitative estimate of drug-likeness (QED) is 0.536. The second-order valence-electron chi connectivity index (χ2n) is 4.61. The number of ether oxygens (including phenoxy) is 3. The van der Waals surface area contributed by atoms with Crippen LogP contribution in [0.15, 0.2) is 27.8 Å². The van der Waals surface area contributed by atoms with E-state index in [0.29, 0.717) is 41.3 Å². The summed E-state index contributed by atoms with van der Waals surface area (Å²) >= 11 is 1.17. The van der Waals surface area contributed by atoms with Crippen molar-refractivity contribution in [2.75, 3.05) is 40.2 Å². The van der Waals surface area contributed by atoms with Crippen LogP contribution in [0.2, 0.25) is 0 Å². The van der Waals surface area contributed by atoms with Gasteiger partial charge in [0.05, 0.1) is 26.6 Å². The van der Waals surface area contributed by atoms with E-state index in [4.69, 9.17) is 18.6 Å². The summed E-state index contributed by atoms with van der Waals surface area (Å²) in [5.41, 5.74) is 0.676. The summed E-state index contributed by atoms with van der Waals surface area (Å²) in [7, 11) is 4.71. The third-order valence-corrected chi connectivity index (χ3v) is 3.78. The molecule has 0 bridgehead atoms. The Bertz CT molecular complexity index is 655. The minimum atomic E-state index is -0.125. The highest BCUT2D eigenvalue weighted by Gasteiger charge is 2.13. The molecule has 0 aliphatic carbocycles. The number of aromatic nitrogens is 2. The smallest absolute Gasteiger partial charge is 0.277 e. The van der Waals surface area contributed by atoms with Crippen LogP contribution >= 0.6 is 11.8 Å². The van der Waals surface area contributed by atoms with E-state index < -0.39 is 0 Å². The Morgan fingerprint density at radius 3 is 2.50 bits per heavy atom. The van der Waals surface area contributed by atoms with Crippen molar-refractivity contribution in [1.82, 2.24) is 15.5 Å². The van der Waals surface area contributed by atoms with E-state index in [2.05, 4.69) is 15.5 Å². The Morgan fingerprint density at radius 1 is 1.17 bits per heavy atom. The molecule has 1 N–H and O–H groups in total. The van der Waals surface area contributed by atoms with Crippen LogP contribution in [0.25, 0.3) is 11.5 Å². The van der Waals surface area contributed by atoms with Gasteiger partial charge in [-0.3, -0.25) is 4.79 Å².